The van der Waals surface area contributed by atoms with E-state index in [9.17, 15) is 4.79 Å². The average Bonchev–Trinajstić information content (AvgIpc) is 2.98. The maximum absolute atomic E-state index is 11.0. The summed E-state index contributed by atoms with van der Waals surface area (Å²) in [6.07, 6.45) is 2.43. The number of hydrogen-bond donors (Lipinski definition) is 1. The second kappa shape index (κ2) is 4.66. The number of aryl methyl sites for hydroxylation is 1. The maximum Gasteiger partial charge on any atom is 0.335 e. The van der Waals surface area contributed by atoms with Crippen molar-refractivity contribution in [2.45, 2.75) is 32.4 Å². The van der Waals surface area contributed by atoms with Crippen LogP contribution >= 0.6 is 0 Å². The number of hydrogen-bond acceptors (Lipinski definition) is 3. The molecule has 5 heteroatoms. The summed E-state index contributed by atoms with van der Waals surface area (Å²) in [5.41, 5.74) is 1.97. The minimum atomic E-state index is -0.923. The van der Waals surface area contributed by atoms with Crippen molar-refractivity contribution in [3.63, 3.8) is 0 Å². The topological polar surface area (TPSA) is 64.3 Å². The first-order chi connectivity index (χ1) is 9.15. The molecule has 0 radical (unpaired) electrons. The Morgan fingerprint density at radius 3 is 3.11 bits per heavy atom. The summed E-state index contributed by atoms with van der Waals surface area (Å²) in [4.78, 5) is 15.4. The Kier molecular flexibility index (Phi) is 2.98. The van der Waals surface area contributed by atoms with Crippen molar-refractivity contribution in [1.29, 1.82) is 0 Å². The normalized spacial score (nSPS) is 19.1. The van der Waals surface area contributed by atoms with Crippen molar-refractivity contribution >= 4 is 17.0 Å². The van der Waals surface area contributed by atoms with E-state index < -0.39 is 5.97 Å². The summed E-state index contributed by atoms with van der Waals surface area (Å²) in [7, 11) is 0. The summed E-state index contributed by atoms with van der Waals surface area (Å²) >= 11 is 0. The molecule has 5 nitrogen and oxygen atoms in total. The lowest BCUT2D eigenvalue weighted by Crippen LogP contribution is -2.15. The van der Waals surface area contributed by atoms with Gasteiger partial charge in [-0.1, -0.05) is 0 Å². The van der Waals surface area contributed by atoms with Gasteiger partial charge in [-0.3, -0.25) is 0 Å². The molecule has 0 bridgehead atoms. The largest absolute Gasteiger partial charge is 0.478 e. The molecule has 1 aliphatic heterocycles. The van der Waals surface area contributed by atoms with Crippen LogP contribution in [-0.2, 0) is 11.3 Å². The van der Waals surface area contributed by atoms with Crippen LogP contribution in [0.25, 0.3) is 11.0 Å². The second-order valence-corrected chi connectivity index (χ2v) is 4.91. The Bertz CT molecular complexity index is 627. The first-order valence-corrected chi connectivity index (χ1v) is 6.47. The van der Waals surface area contributed by atoms with E-state index in [1.54, 1.807) is 12.1 Å². The highest BCUT2D eigenvalue weighted by molar-refractivity contribution is 5.92. The molecule has 1 aromatic heterocycles. The fraction of sp³-hybridized carbons (Fsp3) is 0.429. The van der Waals surface area contributed by atoms with Gasteiger partial charge in [0.05, 0.1) is 29.2 Å². The lowest BCUT2D eigenvalue weighted by molar-refractivity contribution is 0.0697. The molecule has 1 saturated heterocycles. The minimum absolute atomic E-state index is 0.246. The van der Waals surface area contributed by atoms with Gasteiger partial charge in [-0.25, -0.2) is 9.78 Å². The average molecular weight is 260 g/mol. The molecule has 1 atom stereocenters. The number of fused-ring (bicyclic) bond motifs is 1. The number of benzene rings is 1. The van der Waals surface area contributed by atoms with Gasteiger partial charge in [-0.05, 0) is 38.0 Å². The first-order valence-electron chi connectivity index (χ1n) is 6.47. The summed E-state index contributed by atoms with van der Waals surface area (Å²) < 4.78 is 7.76. The molecule has 3 rings (SSSR count). The minimum Gasteiger partial charge on any atom is -0.478 e. The highest BCUT2D eigenvalue weighted by Gasteiger charge is 2.19. The monoisotopic (exact) mass is 260 g/mol. The van der Waals surface area contributed by atoms with Crippen LogP contribution in [0.15, 0.2) is 18.2 Å². The van der Waals surface area contributed by atoms with Crippen molar-refractivity contribution in [2.24, 2.45) is 0 Å². The number of aromatic nitrogens is 2. The van der Waals surface area contributed by atoms with E-state index in [0.29, 0.717) is 0 Å². The van der Waals surface area contributed by atoms with Gasteiger partial charge in [0, 0.05) is 6.61 Å². The van der Waals surface area contributed by atoms with Crippen molar-refractivity contribution in [3.05, 3.63) is 29.6 Å². The molecule has 0 amide bonds. The van der Waals surface area contributed by atoms with Gasteiger partial charge in [-0.2, -0.15) is 0 Å². The molecule has 1 fully saturated rings. The number of nitrogens with zero attached hydrogens (tertiary/aromatic N) is 2. The van der Waals surface area contributed by atoms with E-state index in [1.807, 2.05) is 13.0 Å². The van der Waals surface area contributed by atoms with Crippen LogP contribution in [0.1, 0.15) is 29.0 Å². The number of aromatic carboxylic acids is 1. The Morgan fingerprint density at radius 1 is 1.58 bits per heavy atom. The zero-order chi connectivity index (χ0) is 13.4. The fourth-order valence-corrected chi connectivity index (χ4v) is 2.61. The summed E-state index contributed by atoms with van der Waals surface area (Å²) in [6.45, 7) is 3.56. The zero-order valence-corrected chi connectivity index (χ0v) is 10.8. The van der Waals surface area contributed by atoms with Crippen molar-refractivity contribution in [2.75, 3.05) is 6.61 Å². The molecular weight excluding hydrogens is 244 g/mol. The highest BCUT2D eigenvalue weighted by atomic mass is 16.5. The van der Waals surface area contributed by atoms with Crippen LogP contribution in [0.3, 0.4) is 0 Å². The van der Waals surface area contributed by atoms with Crippen molar-refractivity contribution in [1.82, 2.24) is 9.55 Å². The molecule has 2 aromatic rings. The van der Waals surface area contributed by atoms with Crippen LogP contribution in [0.4, 0.5) is 0 Å². The zero-order valence-electron chi connectivity index (χ0n) is 10.8. The van der Waals surface area contributed by atoms with Crippen LogP contribution in [0, 0.1) is 6.92 Å². The van der Waals surface area contributed by atoms with Gasteiger partial charge in [0.1, 0.15) is 5.82 Å². The van der Waals surface area contributed by atoms with Gasteiger partial charge in [0.15, 0.2) is 0 Å². The van der Waals surface area contributed by atoms with Crippen molar-refractivity contribution < 1.29 is 14.6 Å². The van der Waals surface area contributed by atoms with Gasteiger partial charge < -0.3 is 14.4 Å². The van der Waals surface area contributed by atoms with Gasteiger partial charge >= 0.3 is 5.97 Å². The predicted octanol–water partition coefficient (Wildman–Crippen LogP) is 2.22. The molecule has 0 saturated carbocycles. The third kappa shape index (κ3) is 2.21. The third-order valence-corrected chi connectivity index (χ3v) is 3.60. The van der Waals surface area contributed by atoms with E-state index in [2.05, 4.69) is 9.55 Å². The smallest absolute Gasteiger partial charge is 0.335 e. The molecule has 1 aromatic carbocycles. The molecule has 1 aliphatic rings. The number of carboxylic acid groups (broad SMARTS) is 1. The number of ether oxygens (including phenoxy) is 1. The summed E-state index contributed by atoms with van der Waals surface area (Å²) in [5, 5.41) is 9.00. The van der Waals surface area contributed by atoms with E-state index >= 15 is 0 Å². The molecule has 19 heavy (non-hydrogen) atoms. The summed E-state index contributed by atoms with van der Waals surface area (Å²) in [5.74, 6) is -0.0266. The van der Waals surface area contributed by atoms with E-state index in [-0.39, 0.29) is 11.7 Å². The summed E-state index contributed by atoms with van der Waals surface area (Å²) in [6, 6.07) is 5.07. The molecule has 1 N–H and O–H groups in total. The number of carboxylic acids is 1. The lowest BCUT2D eigenvalue weighted by Gasteiger charge is -2.12. The SMILES string of the molecule is Cc1nc2cc(C(=O)O)ccc2n1C[C@@H]1CCCO1. The standard InChI is InChI=1S/C14H16N2O3/c1-9-15-12-7-10(14(17)18)4-5-13(12)16(9)8-11-3-2-6-19-11/h4-5,7,11H,2-3,6,8H2,1H3,(H,17,18)/t11-/m0/s1. The Hall–Kier alpha value is -1.88. The first kappa shape index (κ1) is 12.2. The number of carbonyl (C=O) groups is 1. The van der Waals surface area contributed by atoms with Crippen LogP contribution in [0.2, 0.25) is 0 Å². The molecule has 0 aliphatic carbocycles. The van der Waals surface area contributed by atoms with Crippen LogP contribution in [-0.4, -0.2) is 33.3 Å². The highest BCUT2D eigenvalue weighted by Crippen LogP contribution is 2.21. The molecule has 0 spiro atoms. The van der Waals surface area contributed by atoms with E-state index in [0.717, 1.165) is 42.9 Å². The Labute approximate surface area is 110 Å². The van der Waals surface area contributed by atoms with Crippen molar-refractivity contribution in [3.8, 4) is 0 Å². The van der Waals surface area contributed by atoms with Gasteiger partial charge in [-0.15, -0.1) is 0 Å². The molecule has 100 valence electrons. The Balaban J connectivity index is 1.99. The fourth-order valence-electron chi connectivity index (χ4n) is 2.61. The molecular formula is C14H16N2O3. The second-order valence-electron chi connectivity index (χ2n) is 4.91. The van der Waals surface area contributed by atoms with E-state index in [4.69, 9.17) is 9.84 Å². The maximum atomic E-state index is 11.0. The van der Waals surface area contributed by atoms with Gasteiger partial charge in [0.25, 0.3) is 0 Å². The Morgan fingerprint density at radius 2 is 2.42 bits per heavy atom. The van der Waals surface area contributed by atoms with Gasteiger partial charge in [0.2, 0.25) is 0 Å². The van der Waals surface area contributed by atoms with E-state index in [1.165, 1.54) is 0 Å². The number of imidazole rings is 1. The number of rotatable bonds is 3. The third-order valence-electron chi connectivity index (χ3n) is 3.60. The molecule has 2 heterocycles. The predicted molar refractivity (Wildman–Crippen MR) is 70.4 cm³/mol. The quantitative estimate of drug-likeness (QED) is 0.919. The lowest BCUT2D eigenvalue weighted by atomic mass is 10.2. The van der Waals surface area contributed by atoms with Crippen LogP contribution < -0.4 is 0 Å². The molecule has 0 unspecified atom stereocenters. The van der Waals surface area contributed by atoms with Crippen LogP contribution in [0.5, 0.6) is 0 Å².